The van der Waals surface area contributed by atoms with Gasteiger partial charge in [0.15, 0.2) is 0 Å². The van der Waals surface area contributed by atoms with Gasteiger partial charge in [0.1, 0.15) is 11.5 Å². The molecule has 0 amide bonds. The van der Waals surface area contributed by atoms with Gasteiger partial charge in [-0.1, -0.05) is 6.92 Å². The number of ether oxygens (including phenoxy) is 1. The lowest BCUT2D eigenvalue weighted by Crippen LogP contribution is -2.20. The van der Waals surface area contributed by atoms with Crippen molar-refractivity contribution in [3.63, 3.8) is 0 Å². The summed E-state index contributed by atoms with van der Waals surface area (Å²) in [7, 11) is -1.79. The Bertz CT molecular complexity index is 314. The molecule has 0 unspecified atom stereocenters. The molecule has 0 aliphatic rings. The molecule has 0 fully saturated rings. The van der Waals surface area contributed by atoms with E-state index in [-0.39, 0.29) is 0 Å². The Morgan fingerprint density at radius 1 is 1.33 bits per heavy atom. The first-order valence-electron chi connectivity index (χ1n) is 4.89. The molecule has 1 rings (SSSR count). The van der Waals surface area contributed by atoms with Crippen molar-refractivity contribution in [1.82, 2.24) is 0 Å². The van der Waals surface area contributed by atoms with Crippen LogP contribution in [0.15, 0.2) is 18.2 Å². The lowest BCUT2D eigenvalue weighted by Gasteiger charge is -2.10. The highest BCUT2D eigenvalue weighted by Crippen LogP contribution is 2.23. The van der Waals surface area contributed by atoms with Crippen molar-refractivity contribution >= 4 is 7.32 Å². The first-order valence-corrected chi connectivity index (χ1v) is 4.89. The minimum atomic E-state index is -1.79. The van der Waals surface area contributed by atoms with Crippen molar-refractivity contribution in [2.45, 2.75) is 20.3 Å². The fraction of sp³-hybridized carbons (Fsp3) is 0.400. The van der Waals surface area contributed by atoms with E-state index >= 15 is 0 Å². The van der Waals surface area contributed by atoms with Gasteiger partial charge in [0.05, 0.1) is 6.61 Å². The zero-order valence-corrected chi connectivity index (χ0v) is 8.93. The van der Waals surface area contributed by atoms with Gasteiger partial charge in [-0.2, -0.15) is 0 Å². The molecule has 82 valence electrons. The number of hydrogen-bond donors (Lipinski definition) is 2. The van der Waals surface area contributed by atoms with E-state index in [9.17, 15) is 0 Å². The first kappa shape index (κ1) is 11.9. The second-order valence-corrected chi connectivity index (χ2v) is 3.22. The standard InChI is InChI=1S/C10H15BO4/c1-3-6-14-10-5-4-9(7-8(10)2)15-11(12)13/h4-5,7,12-13H,3,6H2,1-2H3. The van der Waals surface area contributed by atoms with Gasteiger partial charge in [0.25, 0.3) is 0 Å². The van der Waals surface area contributed by atoms with Crippen LogP contribution in [-0.2, 0) is 0 Å². The second-order valence-electron chi connectivity index (χ2n) is 3.22. The van der Waals surface area contributed by atoms with E-state index in [0.29, 0.717) is 12.4 Å². The summed E-state index contributed by atoms with van der Waals surface area (Å²) in [4.78, 5) is 0. The second kappa shape index (κ2) is 5.63. The zero-order valence-electron chi connectivity index (χ0n) is 8.93. The van der Waals surface area contributed by atoms with Gasteiger partial charge in [-0.25, -0.2) is 0 Å². The van der Waals surface area contributed by atoms with Crippen LogP contribution in [0.4, 0.5) is 0 Å². The molecule has 15 heavy (non-hydrogen) atoms. The topological polar surface area (TPSA) is 58.9 Å². The van der Waals surface area contributed by atoms with E-state index in [1.165, 1.54) is 0 Å². The van der Waals surface area contributed by atoms with Gasteiger partial charge >= 0.3 is 7.32 Å². The average Bonchev–Trinajstić information content (AvgIpc) is 2.15. The summed E-state index contributed by atoms with van der Waals surface area (Å²) in [6.07, 6.45) is 0.951. The molecule has 0 aliphatic carbocycles. The molecular weight excluding hydrogens is 195 g/mol. The van der Waals surface area contributed by atoms with Gasteiger partial charge in [-0.15, -0.1) is 0 Å². The summed E-state index contributed by atoms with van der Waals surface area (Å²) in [6.45, 7) is 4.58. The third-order valence-electron chi connectivity index (χ3n) is 1.85. The minimum Gasteiger partial charge on any atom is -0.512 e. The maximum Gasteiger partial charge on any atom is 0.707 e. The van der Waals surface area contributed by atoms with Crippen LogP contribution in [0.3, 0.4) is 0 Å². The molecule has 0 spiro atoms. The summed E-state index contributed by atoms with van der Waals surface area (Å²) >= 11 is 0. The third-order valence-corrected chi connectivity index (χ3v) is 1.85. The molecule has 0 aliphatic heterocycles. The summed E-state index contributed by atoms with van der Waals surface area (Å²) in [5, 5.41) is 17.2. The number of benzene rings is 1. The number of rotatable bonds is 5. The predicted molar refractivity (Wildman–Crippen MR) is 57.8 cm³/mol. The summed E-state index contributed by atoms with van der Waals surface area (Å²) in [5.74, 6) is 1.20. The van der Waals surface area contributed by atoms with E-state index in [2.05, 4.69) is 0 Å². The molecule has 0 radical (unpaired) electrons. The quantitative estimate of drug-likeness (QED) is 0.715. The molecule has 0 heterocycles. The fourth-order valence-electron chi connectivity index (χ4n) is 1.19. The molecule has 0 atom stereocenters. The van der Waals surface area contributed by atoms with E-state index < -0.39 is 7.32 Å². The Morgan fingerprint density at radius 3 is 2.60 bits per heavy atom. The molecule has 4 nitrogen and oxygen atoms in total. The summed E-state index contributed by atoms with van der Waals surface area (Å²) < 4.78 is 10.2. The Morgan fingerprint density at radius 2 is 2.07 bits per heavy atom. The summed E-state index contributed by atoms with van der Waals surface area (Å²) in [6, 6.07) is 5.09. The van der Waals surface area contributed by atoms with E-state index in [1.807, 2.05) is 13.8 Å². The highest BCUT2D eigenvalue weighted by atomic mass is 16.6. The van der Waals surface area contributed by atoms with Crippen LogP contribution < -0.4 is 9.39 Å². The molecule has 2 N–H and O–H groups in total. The van der Waals surface area contributed by atoms with Crippen molar-refractivity contribution in [3.8, 4) is 11.5 Å². The highest BCUT2D eigenvalue weighted by molar-refractivity contribution is 6.33. The highest BCUT2D eigenvalue weighted by Gasteiger charge is 2.11. The molecule has 0 saturated heterocycles. The van der Waals surface area contributed by atoms with Gasteiger partial charge in [0, 0.05) is 0 Å². The fourth-order valence-corrected chi connectivity index (χ4v) is 1.19. The summed E-state index contributed by atoms with van der Waals surface area (Å²) in [5.41, 5.74) is 0.904. The SMILES string of the molecule is CCCOc1ccc(OB(O)O)cc1C. The first-order chi connectivity index (χ1) is 7.13. The van der Waals surface area contributed by atoms with E-state index in [4.69, 9.17) is 19.4 Å². The molecule has 0 aromatic heterocycles. The molecule has 0 bridgehead atoms. The lowest BCUT2D eigenvalue weighted by atomic mass is 10.2. The smallest absolute Gasteiger partial charge is 0.512 e. The molecule has 5 heteroatoms. The normalized spacial score (nSPS) is 9.87. The molecule has 1 aromatic carbocycles. The van der Waals surface area contributed by atoms with E-state index in [1.54, 1.807) is 18.2 Å². The van der Waals surface area contributed by atoms with Crippen LogP contribution in [0.1, 0.15) is 18.9 Å². The Kier molecular flexibility index (Phi) is 4.46. The van der Waals surface area contributed by atoms with E-state index in [0.717, 1.165) is 17.7 Å². The number of aryl methyl sites for hydroxylation is 1. The van der Waals surface area contributed by atoms with Gasteiger partial charge in [0.2, 0.25) is 0 Å². The third kappa shape index (κ3) is 3.81. The molecule has 0 saturated carbocycles. The Hall–Kier alpha value is -1.20. The van der Waals surface area contributed by atoms with Gasteiger partial charge in [-0.05, 0) is 37.1 Å². The van der Waals surface area contributed by atoms with Crippen LogP contribution in [0.5, 0.6) is 11.5 Å². The van der Waals surface area contributed by atoms with Crippen molar-refractivity contribution in [1.29, 1.82) is 0 Å². The Labute approximate surface area is 89.6 Å². The van der Waals surface area contributed by atoms with Crippen LogP contribution in [0, 0.1) is 6.92 Å². The predicted octanol–water partition coefficient (Wildman–Crippen LogP) is 1.13. The van der Waals surface area contributed by atoms with Crippen molar-refractivity contribution in [2.75, 3.05) is 6.61 Å². The molecular formula is C10H15BO4. The van der Waals surface area contributed by atoms with Crippen LogP contribution in [-0.4, -0.2) is 24.0 Å². The van der Waals surface area contributed by atoms with Crippen molar-refractivity contribution in [2.24, 2.45) is 0 Å². The maximum atomic E-state index is 8.61. The van der Waals surface area contributed by atoms with Gasteiger partial charge in [-0.3, -0.25) is 0 Å². The zero-order chi connectivity index (χ0) is 11.3. The van der Waals surface area contributed by atoms with Gasteiger partial charge < -0.3 is 19.4 Å². The monoisotopic (exact) mass is 210 g/mol. The van der Waals surface area contributed by atoms with Crippen molar-refractivity contribution < 1.29 is 19.4 Å². The lowest BCUT2D eigenvalue weighted by molar-refractivity contribution is 0.287. The molecule has 1 aromatic rings. The minimum absolute atomic E-state index is 0.409. The van der Waals surface area contributed by atoms with Crippen LogP contribution in [0.25, 0.3) is 0 Å². The average molecular weight is 210 g/mol. The Balaban J connectivity index is 2.69. The maximum absolute atomic E-state index is 8.61. The van der Waals surface area contributed by atoms with Crippen molar-refractivity contribution in [3.05, 3.63) is 23.8 Å². The number of hydrogen-bond acceptors (Lipinski definition) is 4. The largest absolute Gasteiger partial charge is 0.707 e. The van der Waals surface area contributed by atoms with Crippen LogP contribution in [0.2, 0.25) is 0 Å². The van der Waals surface area contributed by atoms with Crippen LogP contribution >= 0.6 is 0 Å².